The summed E-state index contributed by atoms with van der Waals surface area (Å²) in [5.41, 5.74) is 4.47. The Bertz CT molecular complexity index is 670. The van der Waals surface area contributed by atoms with E-state index in [0.29, 0.717) is 13.1 Å². The minimum Gasteiger partial charge on any atom is -0.333 e. The molecule has 0 radical (unpaired) electrons. The van der Waals surface area contributed by atoms with Crippen molar-refractivity contribution in [3.63, 3.8) is 0 Å². The predicted octanol–water partition coefficient (Wildman–Crippen LogP) is 1.30. The summed E-state index contributed by atoms with van der Waals surface area (Å²) in [4.78, 5) is 18.5. The molecule has 3 rings (SSSR count). The van der Waals surface area contributed by atoms with Crippen LogP contribution in [0.5, 0.6) is 0 Å². The molecule has 0 spiro atoms. The number of hydrogen-bond donors (Lipinski definition) is 0. The topological polar surface area (TPSA) is 56.0 Å². The van der Waals surface area contributed by atoms with E-state index in [-0.39, 0.29) is 5.91 Å². The fourth-order valence-corrected chi connectivity index (χ4v) is 3.02. The van der Waals surface area contributed by atoms with Crippen molar-refractivity contribution in [2.75, 3.05) is 6.54 Å². The van der Waals surface area contributed by atoms with Gasteiger partial charge in [-0.1, -0.05) is 6.92 Å². The summed E-state index contributed by atoms with van der Waals surface area (Å²) in [6.45, 7) is 8.68. The quantitative estimate of drug-likeness (QED) is 0.855. The van der Waals surface area contributed by atoms with Gasteiger partial charge >= 0.3 is 0 Å². The van der Waals surface area contributed by atoms with Crippen LogP contribution >= 0.6 is 0 Å². The average Bonchev–Trinajstić information content (AvgIpc) is 3.03. The zero-order valence-corrected chi connectivity index (χ0v) is 12.8. The van der Waals surface area contributed by atoms with Gasteiger partial charge in [0.05, 0.1) is 24.3 Å². The highest BCUT2D eigenvalue weighted by Crippen LogP contribution is 2.15. The Kier molecular flexibility index (Phi) is 3.53. The lowest BCUT2D eigenvalue weighted by molar-refractivity contribution is -0.133. The van der Waals surface area contributed by atoms with E-state index >= 15 is 0 Å². The normalized spacial score (nSPS) is 14.3. The Labute approximate surface area is 124 Å². The Balaban J connectivity index is 1.73. The molecule has 6 nitrogen and oxygen atoms in total. The van der Waals surface area contributed by atoms with E-state index in [1.165, 1.54) is 5.56 Å². The number of carbonyl (C=O) groups excluding carboxylic acids is 1. The third kappa shape index (κ3) is 2.46. The summed E-state index contributed by atoms with van der Waals surface area (Å²) >= 11 is 0. The molecule has 0 bridgehead atoms. The van der Waals surface area contributed by atoms with Crippen molar-refractivity contribution in [3.8, 4) is 0 Å². The second kappa shape index (κ2) is 5.35. The third-order valence-corrected chi connectivity index (χ3v) is 4.28. The van der Waals surface area contributed by atoms with Gasteiger partial charge in [-0.3, -0.25) is 9.48 Å². The molecule has 0 N–H and O–H groups in total. The summed E-state index contributed by atoms with van der Waals surface area (Å²) in [5, 5.41) is 4.50. The van der Waals surface area contributed by atoms with Gasteiger partial charge in [0, 0.05) is 25.0 Å². The minimum absolute atomic E-state index is 0.121. The molecule has 6 heteroatoms. The van der Waals surface area contributed by atoms with Crippen molar-refractivity contribution in [2.45, 2.75) is 46.8 Å². The minimum atomic E-state index is 0.121. The van der Waals surface area contributed by atoms with Crippen LogP contribution in [0, 0.1) is 13.8 Å². The first kappa shape index (κ1) is 13.9. The van der Waals surface area contributed by atoms with Crippen molar-refractivity contribution >= 4 is 5.91 Å². The first-order valence-electron chi connectivity index (χ1n) is 7.39. The molecule has 0 fully saturated rings. The molecule has 0 atom stereocenters. The van der Waals surface area contributed by atoms with Crippen LogP contribution in [0.3, 0.4) is 0 Å². The van der Waals surface area contributed by atoms with Gasteiger partial charge in [0.15, 0.2) is 0 Å². The summed E-state index contributed by atoms with van der Waals surface area (Å²) in [6.07, 6.45) is 4.61. The fraction of sp³-hybridized carbons (Fsp3) is 0.533. The van der Waals surface area contributed by atoms with Crippen molar-refractivity contribution in [2.24, 2.45) is 0 Å². The number of rotatable bonds is 3. The molecule has 1 amide bonds. The second-order valence-electron chi connectivity index (χ2n) is 5.55. The number of carbonyl (C=O) groups is 1. The molecule has 0 unspecified atom stereocenters. The Morgan fingerprint density at radius 3 is 2.86 bits per heavy atom. The lowest BCUT2D eigenvalue weighted by atomic mass is 10.1. The Morgan fingerprint density at radius 1 is 1.33 bits per heavy atom. The molecule has 1 aliphatic heterocycles. The first-order valence-corrected chi connectivity index (χ1v) is 7.39. The Hall–Kier alpha value is -2.11. The highest BCUT2D eigenvalue weighted by Gasteiger charge is 2.22. The zero-order valence-electron chi connectivity index (χ0n) is 12.8. The van der Waals surface area contributed by atoms with Crippen LogP contribution in [0.2, 0.25) is 0 Å². The summed E-state index contributed by atoms with van der Waals surface area (Å²) in [5.74, 6) is 0.121. The zero-order chi connectivity index (χ0) is 15.0. The van der Waals surface area contributed by atoms with Crippen molar-refractivity contribution in [3.05, 3.63) is 35.2 Å². The maximum Gasteiger partial charge on any atom is 0.244 e. The highest BCUT2D eigenvalue weighted by atomic mass is 16.2. The molecule has 21 heavy (non-hydrogen) atoms. The maximum absolute atomic E-state index is 12.5. The molecule has 1 aliphatic rings. The average molecular weight is 287 g/mol. The second-order valence-corrected chi connectivity index (χ2v) is 5.55. The van der Waals surface area contributed by atoms with Gasteiger partial charge in [0.2, 0.25) is 5.91 Å². The van der Waals surface area contributed by atoms with E-state index < -0.39 is 0 Å². The monoisotopic (exact) mass is 287 g/mol. The molecule has 0 saturated carbocycles. The van der Waals surface area contributed by atoms with Gasteiger partial charge in [-0.15, -0.1) is 0 Å². The number of amides is 1. The van der Waals surface area contributed by atoms with Crippen LogP contribution in [-0.2, 0) is 30.8 Å². The van der Waals surface area contributed by atoms with Crippen LogP contribution < -0.4 is 0 Å². The van der Waals surface area contributed by atoms with Crippen LogP contribution in [0.15, 0.2) is 12.5 Å². The molecule has 2 aromatic rings. The smallest absolute Gasteiger partial charge is 0.244 e. The van der Waals surface area contributed by atoms with Gasteiger partial charge in [0.1, 0.15) is 6.54 Å². The first-order chi connectivity index (χ1) is 10.1. The summed E-state index contributed by atoms with van der Waals surface area (Å²) < 4.78 is 3.94. The lowest BCUT2D eigenvalue weighted by Crippen LogP contribution is -2.39. The van der Waals surface area contributed by atoms with E-state index in [4.69, 9.17) is 0 Å². The standard InChI is InChI=1S/C15H21N5O/c1-4-14-11(2)17-20(12(14)3)9-15(21)18-5-6-19-10-16-7-13(19)8-18/h7,10H,4-6,8-9H2,1-3H3. The maximum atomic E-state index is 12.5. The van der Waals surface area contributed by atoms with Gasteiger partial charge in [-0.05, 0) is 25.8 Å². The molecule has 0 saturated heterocycles. The molecule has 0 aliphatic carbocycles. The van der Waals surface area contributed by atoms with Crippen molar-refractivity contribution in [1.82, 2.24) is 24.2 Å². The predicted molar refractivity (Wildman–Crippen MR) is 78.7 cm³/mol. The molecular weight excluding hydrogens is 266 g/mol. The number of hydrogen-bond acceptors (Lipinski definition) is 3. The van der Waals surface area contributed by atoms with Crippen LogP contribution in [-0.4, -0.2) is 36.7 Å². The fourth-order valence-electron chi connectivity index (χ4n) is 3.02. The molecule has 2 aromatic heterocycles. The van der Waals surface area contributed by atoms with Gasteiger partial charge in [-0.2, -0.15) is 5.10 Å². The largest absolute Gasteiger partial charge is 0.333 e. The lowest BCUT2D eigenvalue weighted by Gasteiger charge is -2.28. The van der Waals surface area contributed by atoms with Crippen molar-refractivity contribution in [1.29, 1.82) is 0 Å². The molecular formula is C15H21N5O. The van der Waals surface area contributed by atoms with Crippen LogP contribution in [0.1, 0.15) is 29.6 Å². The number of aromatic nitrogens is 4. The van der Waals surface area contributed by atoms with Crippen LogP contribution in [0.4, 0.5) is 0 Å². The van der Waals surface area contributed by atoms with Gasteiger partial charge < -0.3 is 9.47 Å². The van der Waals surface area contributed by atoms with E-state index in [1.807, 2.05) is 36.0 Å². The summed E-state index contributed by atoms with van der Waals surface area (Å²) in [7, 11) is 0. The molecule has 0 aromatic carbocycles. The number of aryl methyl sites for hydroxylation is 1. The van der Waals surface area contributed by atoms with Gasteiger partial charge in [-0.25, -0.2) is 4.98 Å². The van der Waals surface area contributed by atoms with E-state index in [1.54, 1.807) is 0 Å². The van der Waals surface area contributed by atoms with E-state index in [9.17, 15) is 4.79 Å². The number of imidazole rings is 1. The van der Waals surface area contributed by atoms with Crippen molar-refractivity contribution < 1.29 is 4.79 Å². The highest BCUT2D eigenvalue weighted by molar-refractivity contribution is 5.76. The van der Waals surface area contributed by atoms with E-state index in [2.05, 4.69) is 21.6 Å². The Morgan fingerprint density at radius 2 is 2.14 bits per heavy atom. The third-order valence-electron chi connectivity index (χ3n) is 4.28. The van der Waals surface area contributed by atoms with E-state index in [0.717, 1.165) is 36.6 Å². The number of fused-ring (bicyclic) bond motifs is 1. The molecule has 3 heterocycles. The number of nitrogens with zero attached hydrogens (tertiary/aromatic N) is 5. The summed E-state index contributed by atoms with van der Waals surface area (Å²) in [6, 6.07) is 0. The SMILES string of the molecule is CCc1c(C)nn(CC(=O)N2CCn3cncc3C2)c1C. The van der Waals surface area contributed by atoms with Gasteiger partial charge in [0.25, 0.3) is 0 Å². The van der Waals surface area contributed by atoms with Crippen LogP contribution in [0.25, 0.3) is 0 Å². The molecule has 112 valence electrons.